The number of nitrogens with zero attached hydrogens (tertiary/aromatic N) is 2. The largest absolute Gasteiger partial charge is 0.491 e. The predicted octanol–water partition coefficient (Wildman–Crippen LogP) is 2.45. The summed E-state index contributed by atoms with van der Waals surface area (Å²) in [6, 6.07) is 8.66. The Bertz CT molecular complexity index is 1020. The van der Waals surface area contributed by atoms with Gasteiger partial charge in [-0.15, -0.1) is 0 Å². The summed E-state index contributed by atoms with van der Waals surface area (Å²) in [7, 11) is 0. The number of ether oxygens (including phenoxy) is 1. The number of piperidine rings is 1. The highest BCUT2D eigenvalue weighted by molar-refractivity contribution is 7.99. The second-order valence-corrected chi connectivity index (χ2v) is 7.79. The first-order valence-electron chi connectivity index (χ1n) is 9.56. The molecule has 4 N–H and O–H groups in total. The van der Waals surface area contributed by atoms with E-state index in [4.69, 9.17) is 10.5 Å². The van der Waals surface area contributed by atoms with Crippen molar-refractivity contribution >= 4 is 29.6 Å². The molecule has 0 saturated carbocycles. The number of aromatic amines is 1. The van der Waals surface area contributed by atoms with Crippen molar-refractivity contribution in [3.8, 4) is 5.75 Å². The molecule has 0 bridgehead atoms. The molecule has 3 heterocycles. The highest BCUT2D eigenvalue weighted by Crippen LogP contribution is 2.32. The number of aryl methyl sites for hydroxylation is 1. The van der Waals surface area contributed by atoms with Gasteiger partial charge in [0.05, 0.1) is 29.4 Å². The Morgan fingerprint density at radius 3 is 3.07 bits per heavy atom. The summed E-state index contributed by atoms with van der Waals surface area (Å²) in [6.45, 7) is 2.77. The van der Waals surface area contributed by atoms with Gasteiger partial charge in [0.15, 0.2) is 0 Å². The maximum atomic E-state index is 13.1. The van der Waals surface area contributed by atoms with Crippen LogP contribution in [0.4, 0.5) is 5.69 Å². The van der Waals surface area contributed by atoms with Crippen LogP contribution in [0.3, 0.4) is 0 Å². The molecule has 0 aliphatic carbocycles. The number of anilines is 1. The standard InChI is InChI=1S/C20H23N5O3S/c1-12-9-13(10-17(26)22-12)20(27)25-8-3-2-5-14(25)11-28-16-7-4-6-15-18(16)19(21)24-29-23-15/h4,6-7,9-10,14,23H,2-3,5,8,11H2,1H3,(H2,21,24)(H,22,26). The van der Waals surface area contributed by atoms with Crippen molar-refractivity contribution in [1.29, 1.82) is 0 Å². The smallest absolute Gasteiger partial charge is 0.254 e. The number of amidine groups is 1. The molecule has 0 spiro atoms. The Labute approximate surface area is 172 Å². The highest BCUT2D eigenvalue weighted by atomic mass is 32.2. The van der Waals surface area contributed by atoms with Crippen molar-refractivity contribution in [1.82, 2.24) is 9.88 Å². The number of rotatable bonds is 4. The van der Waals surface area contributed by atoms with E-state index in [2.05, 4.69) is 14.1 Å². The molecule has 29 heavy (non-hydrogen) atoms. The van der Waals surface area contributed by atoms with E-state index >= 15 is 0 Å². The van der Waals surface area contributed by atoms with Crippen LogP contribution in [-0.4, -0.2) is 40.8 Å². The molecule has 2 aliphatic heterocycles. The molecule has 1 atom stereocenters. The van der Waals surface area contributed by atoms with Gasteiger partial charge in [0.25, 0.3) is 5.91 Å². The Balaban J connectivity index is 1.53. The fourth-order valence-corrected chi connectivity index (χ4v) is 4.27. The molecule has 1 aromatic heterocycles. The van der Waals surface area contributed by atoms with Gasteiger partial charge >= 0.3 is 0 Å². The van der Waals surface area contributed by atoms with Crippen molar-refractivity contribution in [2.45, 2.75) is 32.2 Å². The molecule has 1 saturated heterocycles. The number of nitrogens with two attached hydrogens (primary N) is 1. The molecule has 0 radical (unpaired) electrons. The minimum absolute atomic E-state index is 0.0733. The van der Waals surface area contributed by atoms with Gasteiger partial charge in [0.1, 0.15) is 18.2 Å². The zero-order chi connectivity index (χ0) is 20.4. The summed E-state index contributed by atoms with van der Waals surface area (Å²) in [5.41, 5.74) is 8.45. The number of pyridine rings is 1. The fraction of sp³-hybridized carbons (Fsp3) is 0.350. The molecule has 1 amide bonds. The number of aromatic nitrogens is 1. The summed E-state index contributed by atoms with van der Waals surface area (Å²) in [5, 5.41) is 0. The number of H-pyrrole nitrogens is 1. The third kappa shape index (κ3) is 4.09. The lowest BCUT2D eigenvalue weighted by Gasteiger charge is -2.36. The summed E-state index contributed by atoms with van der Waals surface area (Å²) in [5.74, 6) is 0.915. The SMILES string of the molecule is Cc1cc(C(=O)N2CCCCC2COc2cccc3c2C(N)=NSN3)cc(=O)[nH]1. The van der Waals surface area contributed by atoms with Crippen LogP contribution in [-0.2, 0) is 0 Å². The monoisotopic (exact) mass is 413 g/mol. The Morgan fingerprint density at radius 1 is 1.38 bits per heavy atom. The van der Waals surface area contributed by atoms with Crippen molar-refractivity contribution in [2.24, 2.45) is 10.1 Å². The lowest BCUT2D eigenvalue weighted by Crippen LogP contribution is -2.47. The number of carbonyl (C=O) groups is 1. The van der Waals surface area contributed by atoms with E-state index in [9.17, 15) is 9.59 Å². The van der Waals surface area contributed by atoms with Gasteiger partial charge in [-0.3, -0.25) is 9.59 Å². The van der Waals surface area contributed by atoms with Crippen LogP contribution in [0.5, 0.6) is 5.75 Å². The highest BCUT2D eigenvalue weighted by Gasteiger charge is 2.29. The summed E-state index contributed by atoms with van der Waals surface area (Å²) in [4.78, 5) is 29.3. The average molecular weight is 414 g/mol. The first-order valence-corrected chi connectivity index (χ1v) is 10.3. The van der Waals surface area contributed by atoms with Crippen molar-refractivity contribution in [2.75, 3.05) is 17.9 Å². The minimum Gasteiger partial charge on any atom is -0.491 e. The number of likely N-dealkylation sites (tertiary alicyclic amines) is 1. The van der Waals surface area contributed by atoms with Gasteiger partial charge in [-0.25, -0.2) is 0 Å². The molecule has 1 aromatic carbocycles. The van der Waals surface area contributed by atoms with E-state index in [-0.39, 0.29) is 17.5 Å². The van der Waals surface area contributed by atoms with Crippen LogP contribution in [0, 0.1) is 6.92 Å². The van der Waals surface area contributed by atoms with Crippen molar-refractivity contribution < 1.29 is 9.53 Å². The third-order valence-corrected chi connectivity index (χ3v) is 5.73. The Kier molecular flexibility index (Phi) is 5.48. The maximum absolute atomic E-state index is 13.1. The molecule has 9 heteroatoms. The Hall–Kier alpha value is -2.94. The number of hydrogen-bond donors (Lipinski definition) is 3. The van der Waals surface area contributed by atoms with Gasteiger partial charge in [0.2, 0.25) is 5.56 Å². The van der Waals surface area contributed by atoms with Gasteiger partial charge < -0.3 is 25.1 Å². The summed E-state index contributed by atoms with van der Waals surface area (Å²) >= 11 is 1.18. The van der Waals surface area contributed by atoms with Gasteiger partial charge in [-0.05, 0) is 44.4 Å². The normalized spacial score (nSPS) is 18.4. The van der Waals surface area contributed by atoms with Crippen LogP contribution >= 0.6 is 12.1 Å². The molecular weight excluding hydrogens is 390 g/mol. The molecule has 8 nitrogen and oxygen atoms in total. The number of nitrogens with one attached hydrogen (secondary N) is 2. The second-order valence-electron chi connectivity index (χ2n) is 7.22. The predicted molar refractivity (Wildman–Crippen MR) is 114 cm³/mol. The molecule has 1 unspecified atom stereocenters. The van der Waals surface area contributed by atoms with Crippen LogP contribution in [0.1, 0.15) is 40.9 Å². The molecule has 152 valence electrons. The Morgan fingerprint density at radius 2 is 2.24 bits per heavy atom. The number of benzene rings is 1. The number of hydrogen-bond acceptors (Lipinski definition) is 7. The third-order valence-electron chi connectivity index (χ3n) is 5.13. The second kappa shape index (κ2) is 8.20. The van der Waals surface area contributed by atoms with Gasteiger partial charge in [-0.2, -0.15) is 4.40 Å². The van der Waals surface area contributed by atoms with E-state index in [0.29, 0.717) is 36.0 Å². The van der Waals surface area contributed by atoms with Crippen molar-refractivity contribution in [3.05, 3.63) is 57.5 Å². The lowest BCUT2D eigenvalue weighted by molar-refractivity contribution is 0.0528. The van der Waals surface area contributed by atoms with Crippen LogP contribution < -0.4 is 20.8 Å². The van der Waals surface area contributed by atoms with E-state index < -0.39 is 0 Å². The van der Waals surface area contributed by atoms with E-state index in [0.717, 1.165) is 30.5 Å². The zero-order valence-corrected chi connectivity index (χ0v) is 16.9. The molecule has 2 aliphatic rings. The molecule has 4 rings (SSSR count). The van der Waals surface area contributed by atoms with E-state index in [1.54, 1.807) is 13.0 Å². The first kappa shape index (κ1) is 19.4. The average Bonchev–Trinajstić information content (AvgIpc) is 2.71. The molecule has 2 aromatic rings. The first-order chi connectivity index (χ1) is 14.0. The molecule has 1 fully saturated rings. The van der Waals surface area contributed by atoms with E-state index in [1.165, 1.54) is 18.2 Å². The number of fused-ring (bicyclic) bond motifs is 1. The summed E-state index contributed by atoms with van der Waals surface area (Å²) < 4.78 is 13.4. The number of amides is 1. The van der Waals surface area contributed by atoms with Crippen LogP contribution in [0.15, 0.2) is 39.5 Å². The molecular formula is C20H23N5O3S. The van der Waals surface area contributed by atoms with E-state index in [1.807, 2.05) is 23.1 Å². The number of carbonyl (C=O) groups excluding carboxylic acids is 1. The zero-order valence-electron chi connectivity index (χ0n) is 16.1. The summed E-state index contributed by atoms with van der Waals surface area (Å²) in [6.07, 6.45) is 2.81. The van der Waals surface area contributed by atoms with Crippen LogP contribution in [0.2, 0.25) is 0 Å². The topological polar surface area (TPSA) is 113 Å². The van der Waals surface area contributed by atoms with Gasteiger partial charge in [-0.1, -0.05) is 6.07 Å². The quantitative estimate of drug-likeness (QED) is 0.664. The lowest BCUT2D eigenvalue weighted by atomic mass is 10.0. The van der Waals surface area contributed by atoms with Gasteiger partial charge in [0, 0.05) is 23.9 Å². The maximum Gasteiger partial charge on any atom is 0.254 e. The minimum atomic E-state index is -0.269. The van der Waals surface area contributed by atoms with Crippen molar-refractivity contribution in [3.63, 3.8) is 0 Å². The van der Waals surface area contributed by atoms with Crippen LogP contribution in [0.25, 0.3) is 0 Å². The fourth-order valence-electron chi connectivity index (χ4n) is 3.77.